The van der Waals surface area contributed by atoms with E-state index in [1.807, 2.05) is 25.7 Å². The normalized spacial score (nSPS) is 23.0. The molecule has 0 aromatic heterocycles. The summed E-state index contributed by atoms with van der Waals surface area (Å²) in [5, 5.41) is 2.50. The average molecular weight is 310 g/mol. The highest BCUT2D eigenvalue weighted by molar-refractivity contribution is 5.98. The molecule has 124 valence electrons. The fourth-order valence-corrected chi connectivity index (χ4v) is 3.20. The van der Waals surface area contributed by atoms with Crippen LogP contribution < -0.4 is 5.32 Å². The lowest BCUT2D eigenvalue weighted by Crippen LogP contribution is -2.50. The first-order valence-corrected chi connectivity index (χ1v) is 7.99. The molecule has 0 bridgehead atoms. The molecule has 0 aromatic carbocycles. The summed E-state index contributed by atoms with van der Waals surface area (Å²) in [6.45, 7) is 7.17. The molecule has 1 spiro atoms. The summed E-state index contributed by atoms with van der Waals surface area (Å²) in [7, 11) is 0. The molecule has 2 saturated heterocycles. The lowest BCUT2D eigenvalue weighted by molar-refractivity contribution is -0.156. The van der Waals surface area contributed by atoms with E-state index in [-0.39, 0.29) is 24.3 Å². The fraction of sp³-hybridized carbons (Fsp3) is 0.812. The number of piperidine rings is 1. The molecule has 1 N–H and O–H groups in total. The van der Waals surface area contributed by atoms with E-state index in [0.717, 1.165) is 12.8 Å². The van der Waals surface area contributed by atoms with Crippen LogP contribution in [0.3, 0.4) is 0 Å². The number of esters is 1. The predicted octanol–water partition coefficient (Wildman–Crippen LogP) is 1.24. The number of amides is 2. The van der Waals surface area contributed by atoms with Crippen molar-refractivity contribution < 1.29 is 19.1 Å². The number of nitrogens with one attached hydrogen (secondary N) is 1. The van der Waals surface area contributed by atoms with E-state index in [2.05, 4.69) is 5.32 Å². The number of rotatable bonds is 2. The summed E-state index contributed by atoms with van der Waals surface area (Å²) in [5.41, 5.74) is -0.910. The molecule has 2 rings (SSSR count). The van der Waals surface area contributed by atoms with Gasteiger partial charge in [0.2, 0.25) is 11.8 Å². The third-order valence-electron chi connectivity index (χ3n) is 4.38. The minimum absolute atomic E-state index is 0.132. The second-order valence-corrected chi connectivity index (χ2v) is 7.37. The highest BCUT2D eigenvalue weighted by Gasteiger charge is 2.43. The van der Waals surface area contributed by atoms with Crippen LogP contribution >= 0.6 is 0 Å². The van der Waals surface area contributed by atoms with Crippen LogP contribution in [0.5, 0.6) is 0 Å². The maximum absolute atomic E-state index is 12.3. The highest BCUT2D eigenvalue weighted by atomic mass is 16.6. The first-order valence-electron chi connectivity index (χ1n) is 7.99. The molecule has 0 atom stereocenters. The maximum Gasteiger partial charge on any atom is 0.320 e. The minimum Gasteiger partial charge on any atom is -0.459 e. The van der Waals surface area contributed by atoms with Crippen LogP contribution in [0.2, 0.25) is 0 Å². The van der Waals surface area contributed by atoms with Crippen LogP contribution in [0.25, 0.3) is 0 Å². The van der Waals surface area contributed by atoms with Crippen molar-refractivity contribution >= 4 is 17.8 Å². The first-order chi connectivity index (χ1) is 10.2. The van der Waals surface area contributed by atoms with Crippen LogP contribution in [0.15, 0.2) is 0 Å². The monoisotopic (exact) mass is 310 g/mol. The number of nitrogens with zero attached hydrogens (tertiary/aromatic N) is 1. The molecular weight excluding hydrogens is 284 g/mol. The molecule has 0 unspecified atom stereocenters. The van der Waals surface area contributed by atoms with Gasteiger partial charge in [-0.3, -0.25) is 24.6 Å². The Kier molecular flexibility index (Phi) is 4.90. The SMILES string of the molecule is CC(C)(C)OC(=O)CN1CCC2(CCCC(=O)NC2=O)CC1. The summed E-state index contributed by atoms with van der Waals surface area (Å²) in [4.78, 5) is 37.6. The second-order valence-electron chi connectivity index (χ2n) is 7.37. The summed E-state index contributed by atoms with van der Waals surface area (Å²) >= 11 is 0. The Bertz CT molecular complexity index is 459. The van der Waals surface area contributed by atoms with E-state index in [1.54, 1.807) is 0 Å². The van der Waals surface area contributed by atoms with Gasteiger partial charge in [-0.05, 0) is 59.5 Å². The van der Waals surface area contributed by atoms with Gasteiger partial charge in [0.1, 0.15) is 5.60 Å². The van der Waals surface area contributed by atoms with E-state index in [4.69, 9.17) is 4.74 Å². The van der Waals surface area contributed by atoms with Gasteiger partial charge in [-0.2, -0.15) is 0 Å². The zero-order chi connectivity index (χ0) is 16.4. The maximum atomic E-state index is 12.3. The van der Waals surface area contributed by atoms with Gasteiger partial charge < -0.3 is 4.74 Å². The quantitative estimate of drug-likeness (QED) is 0.613. The Morgan fingerprint density at radius 3 is 2.45 bits per heavy atom. The van der Waals surface area contributed by atoms with Gasteiger partial charge in [0, 0.05) is 6.42 Å². The second kappa shape index (κ2) is 6.36. The largest absolute Gasteiger partial charge is 0.459 e. The van der Waals surface area contributed by atoms with Crippen molar-refractivity contribution in [3.63, 3.8) is 0 Å². The first kappa shape index (κ1) is 16.9. The summed E-state index contributed by atoms with van der Waals surface area (Å²) in [5.74, 6) is -0.533. The lowest BCUT2D eigenvalue weighted by atomic mass is 9.74. The molecule has 0 aliphatic carbocycles. The van der Waals surface area contributed by atoms with E-state index < -0.39 is 11.0 Å². The number of imide groups is 1. The van der Waals surface area contributed by atoms with Crippen LogP contribution in [0.4, 0.5) is 0 Å². The number of carbonyl (C=O) groups excluding carboxylic acids is 3. The molecule has 2 heterocycles. The molecule has 6 nitrogen and oxygen atoms in total. The topological polar surface area (TPSA) is 75.7 Å². The molecule has 2 amide bonds. The third kappa shape index (κ3) is 4.29. The van der Waals surface area contributed by atoms with Crippen molar-refractivity contribution in [1.82, 2.24) is 10.2 Å². The lowest BCUT2D eigenvalue weighted by Gasteiger charge is -2.39. The molecule has 2 aliphatic heterocycles. The van der Waals surface area contributed by atoms with Gasteiger partial charge >= 0.3 is 5.97 Å². The van der Waals surface area contributed by atoms with Crippen molar-refractivity contribution in [2.45, 2.75) is 58.5 Å². The molecule has 22 heavy (non-hydrogen) atoms. The van der Waals surface area contributed by atoms with E-state index in [1.165, 1.54) is 0 Å². The molecule has 0 aromatic rings. The smallest absolute Gasteiger partial charge is 0.320 e. The third-order valence-corrected chi connectivity index (χ3v) is 4.38. The number of carbonyl (C=O) groups is 3. The van der Waals surface area contributed by atoms with Gasteiger partial charge in [0.15, 0.2) is 0 Å². The number of ether oxygens (including phenoxy) is 1. The molecular formula is C16H26N2O4. The zero-order valence-corrected chi connectivity index (χ0v) is 13.7. The highest BCUT2D eigenvalue weighted by Crippen LogP contribution is 2.38. The van der Waals surface area contributed by atoms with Crippen LogP contribution in [-0.4, -0.2) is 47.9 Å². The Labute approximate surface area is 131 Å². The van der Waals surface area contributed by atoms with Crippen molar-refractivity contribution in [3.05, 3.63) is 0 Å². The molecule has 2 fully saturated rings. The van der Waals surface area contributed by atoms with Gasteiger partial charge in [-0.25, -0.2) is 0 Å². The van der Waals surface area contributed by atoms with E-state index in [9.17, 15) is 14.4 Å². The van der Waals surface area contributed by atoms with Crippen LogP contribution in [-0.2, 0) is 19.1 Å². The van der Waals surface area contributed by atoms with Gasteiger partial charge in [0.25, 0.3) is 0 Å². The molecule has 2 aliphatic rings. The van der Waals surface area contributed by atoms with E-state index in [0.29, 0.717) is 32.4 Å². The average Bonchev–Trinajstić information content (AvgIpc) is 2.50. The van der Waals surface area contributed by atoms with Crippen molar-refractivity contribution in [3.8, 4) is 0 Å². The van der Waals surface area contributed by atoms with Gasteiger partial charge in [-0.1, -0.05) is 0 Å². The molecule has 0 radical (unpaired) electrons. The Hall–Kier alpha value is -1.43. The minimum atomic E-state index is -0.477. The summed E-state index contributed by atoms with van der Waals surface area (Å²) in [6, 6.07) is 0. The zero-order valence-electron chi connectivity index (χ0n) is 13.7. The summed E-state index contributed by atoms with van der Waals surface area (Å²) < 4.78 is 5.33. The number of likely N-dealkylation sites (tertiary alicyclic amines) is 1. The molecule has 6 heteroatoms. The summed E-state index contributed by atoms with van der Waals surface area (Å²) in [6.07, 6.45) is 3.31. The van der Waals surface area contributed by atoms with E-state index >= 15 is 0 Å². The Morgan fingerprint density at radius 1 is 1.23 bits per heavy atom. The van der Waals surface area contributed by atoms with Crippen molar-refractivity contribution in [1.29, 1.82) is 0 Å². The molecule has 0 saturated carbocycles. The number of hydrogen-bond donors (Lipinski definition) is 1. The standard InChI is InChI=1S/C16H26N2O4/c1-15(2,3)22-13(20)11-18-9-7-16(8-10-18)6-4-5-12(19)17-14(16)21/h4-11H2,1-3H3,(H,17,19,21). The van der Waals surface area contributed by atoms with Crippen LogP contribution in [0.1, 0.15) is 52.9 Å². The van der Waals surface area contributed by atoms with Gasteiger partial charge in [0.05, 0.1) is 12.0 Å². The number of hydrogen-bond acceptors (Lipinski definition) is 5. The van der Waals surface area contributed by atoms with Gasteiger partial charge in [-0.15, -0.1) is 0 Å². The van der Waals surface area contributed by atoms with Crippen molar-refractivity contribution in [2.24, 2.45) is 5.41 Å². The van der Waals surface area contributed by atoms with Crippen LogP contribution in [0, 0.1) is 5.41 Å². The van der Waals surface area contributed by atoms with Crippen molar-refractivity contribution in [2.75, 3.05) is 19.6 Å². The Balaban J connectivity index is 1.88. The fourth-order valence-electron chi connectivity index (χ4n) is 3.20. The predicted molar refractivity (Wildman–Crippen MR) is 81.0 cm³/mol. The Morgan fingerprint density at radius 2 is 1.86 bits per heavy atom.